The molecule has 0 aromatic heterocycles. The third-order valence-corrected chi connectivity index (χ3v) is 3.55. The van der Waals surface area contributed by atoms with Gasteiger partial charge in [-0.25, -0.2) is 4.79 Å². The van der Waals surface area contributed by atoms with Crippen LogP contribution in [-0.2, 0) is 9.53 Å². The number of nitrogens with one attached hydrogen (secondary N) is 1. The number of likely N-dealkylation sites (tertiary alicyclic amines) is 1. The van der Waals surface area contributed by atoms with Crippen LogP contribution in [0.25, 0.3) is 0 Å². The molecule has 2 amide bonds. The predicted molar refractivity (Wildman–Crippen MR) is 88.0 cm³/mol. The quantitative estimate of drug-likeness (QED) is 0.606. The van der Waals surface area contributed by atoms with Gasteiger partial charge in [-0.3, -0.25) is 4.79 Å². The van der Waals surface area contributed by atoms with Gasteiger partial charge >= 0.3 is 6.09 Å². The SMILES string of the molecule is [B]CCCCCC(=O)NC1CCCN(C(=O)OC(C)(C)C)C1. The Morgan fingerprint density at radius 3 is 2.64 bits per heavy atom. The summed E-state index contributed by atoms with van der Waals surface area (Å²) in [6.07, 6.45) is 5.52. The lowest BCUT2D eigenvalue weighted by Crippen LogP contribution is -2.50. The van der Waals surface area contributed by atoms with Crippen molar-refractivity contribution in [1.29, 1.82) is 0 Å². The summed E-state index contributed by atoms with van der Waals surface area (Å²) in [7, 11) is 5.43. The van der Waals surface area contributed by atoms with Crippen molar-refractivity contribution in [3.05, 3.63) is 0 Å². The van der Waals surface area contributed by atoms with Crippen molar-refractivity contribution in [2.75, 3.05) is 13.1 Å². The van der Waals surface area contributed by atoms with Gasteiger partial charge in [-0.1, -0.05) is 19.2 Å². The normalized spacial score (nSPS) is 18.9. The molecule has 0 aromatic rings. The summed E-state index contributed by atoms with van der Waals surface area (Å²) in [6, 6.07) is 0.0308. The van der Waals surface area contributed by atoms with Gasteiger partial charge in [-0.05, 0) is 40.0 Å². The van der Waals surface area contributed by atoms with Gasteiger partial charge in [0.25, 0.3) is 0 Å². The Hall–Kier alpha value is -1.20. The van der Waals surface area contributed by atoms with Gasteiger partial charge in [0.1, 0.15) is 5.60 Å². The van der Waals surface area contributed by atoms with E-state index >= 15 is 0 Å². The van der Waals surface area contributed by atoms with E-state index in [0.717, 1.165) is 32.1 Å². The zero-order valence-corrected chi connectivity index (χ0v) is 14.2. The molecule has 0 saturated carbocycles. The highest BCUT2D eigenvalue weighted by molar-refractivity contribution is 6.08. The molecule has 1 aliphatic heterocycles. The van der Waals surface area contributed by atoms with Crippen LogP contribution >= 0.6 is 0 Å². The van der Waals surface area contributed by atoms with Crippen LogP contribution < -0.4 is 5.32 Å². The topological polar surface area (TPSA) is 58.6 Å². The molecule has 22 heavy (non-hydrogen) atoms. The molecule has 1 N–H and O–H groups in total. The van der Waals surface area contributed by atoms with E-state index in [9.17, 15) is 9.59 Å². The minimum absolute atomic E-state index is 0.0308. The van der Waals surface area contributed by atoms with Crippen LogP contribution in [-0.4, -0.2) is 49.5 Å². The van der Waals surface area contributed by atoms with E-state index in [2.05, 4.69) is 5.32 Å². The van der Waals surface area contributed by atoms with Gasteiger partial charge in [0.15, 0.2) is 0 Å². The van der Waals surface area contributed by atoms with Crippen molar-refractivity contribution in [3.63, 3.8) is 0 Å². The summed E-state index contributed by atoms with van der Waals surface area (Å²) in [5.74, 6) is 0.0630. The molecular formula is C16H29BN2O3. The van der Waals surface area contributed by atoms with E-state index in [0.29, 0.717) is 25.8 Å². The Morgan fingerprint density at radius 2 is 2.00 bits per heavy atom. The summed E-state index contributed by atoms with van der Waals surface area (Å²) < 4.78 is 5.38. The Kier molecular flexibility index (Phi) is 7.76. The largest absolute Gasteiger partial charge is 0.444 e. The molecule has 1 unspecified atom stereocenters. The second-order valence-corrected chi connectivity index (χ2v) is 6.93. The maximum absolute atomic E-state index is 12.1. The Bertz CT molecular complexity index is 369. The van der Waals surface area contributed by atoms with Crippen molar-refractivity contribution in [2.24, 2.45) is 0 Å². The highest BCUT2D eigenvalue weighted by Crippen LogP contribution is 2.15. The molecular weight excluding hydrogens is 279 g/mol. The lowest BCUT2D eigenvalue weighted by molar-refractivity contribution is -0.122. The smallest absolute Gasteiger partial charge is 0.410 e. The first kappa shape index (κ1) is 18.9. The molecule has 5 nitrogen and oxygen atoms in total. The lowest BCUT2D eigenvalue weighted by atomic mass is 9.99. The van der Waals surface area contributed by atoms with Crippen molar-refractivity contribution in [3.8, 4) is 0 Å². The zero-order valence-electron chi connectivity index (χ0n) is 14.2. The maximum atomic E-state index is 12.1. The van der Waals surface area contributed by atoms with Crippen LogP contribution in [0.4, 0.5) is 4.79 Å². The van der Waals surface area contributed by atoms with Crippen LogP contribution in [0.15, 0.2) is 0 Å². The summed E-state index contributed by atoms with van der Waals surface area (Å²) in [4.78, 5) is 25.7. The van der Waals surface area contributed by atoms with Gasteiger partial charge in [0.05, 0.1) is 7.85 Å². The maximum Gasteiger partial charge on any atom is 0.410 e. The van der Waals surface area contributed by atoms with E-state index in [1.807, 2.05) is 20.8 Å². The minimum atomic E-state index is -0.490. The molecule has 1 fully saturated rings. The summed E-state index contributed by atoms with van der Waals surface area (Å²) in [5.41, 5.74) is -0.490. The van der Waals surface area contributed by atoms with Crippen LogP contribution in [0.2, 0.25) is 6.32 Å². The van der Waals surface area contributed by atoms with E-state index < -0.39 is 5.60 Å². The van der Waals surface area contributed by atoms with E-state index in [1.165, 1.54) is 0 Å². The van der Waals surface area contributed by atoms with Crippen LogP contribution in [0.3, 0.4) is 0 Å². The highest BCUT2D eigenvalue weighted by Gasteiger charge is 2.28. The number of ether oxygens (including phenoxy) is 1. The number of piperidine rings is 1. The standard InChI is InChI=1S/C16H29BN2O3/c1-16(2,3)22-15(21)19-11-7-8-13(12-19)18-14(20)9-5-4-6-10-17/h13H,4-12H2,1-3H3,(H,18,20). The average Bonchev–Trinajstić information content (AvgIpc) is 2.42. The summed E-state index contributed by atoms with van der Waals surface area (Å²) >= 11 is 0. The molecule has 0 aliphatic carbocycles. The Balaban J connectivity index is 2.33. The number of hydrogen-bond acceptors (Lipinski definition) is 3. The molecule has 1 rings (SSSR count). The summed E-state index contributed by atoms with van der Waals surface area (Å²) in [5, 5.41) is 3.02. The third-order valence-electron chi connectivity index (χ3n) is 3.55. The highest BCUT2D eigenvalue weighted by atomic mass is 16.6. The van der Waals surface area contributed by atoms with E-state index in [-0.39, 0.29) is 18.0 Å². The number of unbranched alkanes of at least 4 members (excludes halogenated alkanes) is 2. The molecule has 0 bridgehead atoms. The second kappa shape index (κ2) is 9.06. The number of rotatable bonds is 6. The van der Waals surface area contributed by atoms with Gasteiger partial charge < -0.3 is 15.0 Å². The predicted octanol–water partition coefficient (Wildman–Crippen LogP) is 2.65. The molecule has 6 heteroatoms. The van der Waals surface area contributed by atoms with Crippen molar-refractivity contribution in [2.45, 2.75) is 77.3 Å². The molecule has 0 aromatic carbocycles. The molecule has 0 spiro atoms. The molecule has 1 atom stereocenters. The van der Waals surface area contributed by atoms with Crippen LogP contribution in [0, 0.1) is 0 Å². The second-order valence-electron chi connectivity index (χ2n) is 6.93. The van der Waals surface area contributed by atoms with Crippen molar-refractivity contribution < 1.29 is 14.3 Å². The fraction of sp³-hybridized carbons (Fsp3) is 0.875. The Labute approximate surface area is 135 Å². The van der Waals surface area contributed by atoms with Gasteiger partial charge in [-0.2, -0.15) is 0 Å². The van der Waals surface area contributed by atoms with Crippen molar-refractivity contribution >= 4 is 19.8 Å². The van der Waals surface area contributed by atoms with E-state index in [1.54, 1.807) is 4.90 Å². The Morgan fingerprint density at radius 1 is 1.27 bits per heavy atom. The molecule has 124 valence electrons. The van der Waals surface area contributed by atoms with Gasteiger partial charge in [-0.15, -0.1) is 0 Å². The van der Waals surface area contributed by atoms with Crippen LogP contribution in [0.1, 0.15) is 59.3 Å². The molecule has 1 aliphatic rings. The fourth-order valence-electron chi connectivity index (χ4n) is 2.49. The number of hydrogen-bond donors (Lipinski definition) is 1. The van der Waals surface area contributed by atoms with E-state index in [4.69, 9.17) is 12.6 Å². The van der Waals surface area contributed by atoms with Crippen molar-refractivity contribution in [1.82, 2.24) is 10.2 Å². The number of nitrogens with zero attached hydrogens (tertiary/aromatic N) is 1. The first-order chi connectivity index (χ1) is 10.3. The molecule has 1 saturated heterocycles. The first-order valence-corrected chi connectivity index (χ1v) is 8.29. The average molecular weight is 308 g/mol. The summed E-state index contributed by atoms with van der Waals surface area (Å²) in [6.45, 7) is 6.79. The first-order valence-electron chi connectivity index (χ1n) is 8.29. The zero-order chi connectivity index (χ0) is 16.6. The number of carbonyl (C=O) groups is 2. The third kappa shape index (κ3) is 7.71. The van der Waals surface area contributed by atoms with Gasteiger partial charge in [0.2, 0.25) is 5.91 Å². The van der Waals surface area contributed by atoms with Crippen LogP contribution in [0.5, 0.6) is 0 Å². The monoisotopic (exact) mass is 308 g/mol. The molecule has 2 radical (unpaired) electrons. The minimum Gasteiger partial charge on any atom is -0.444 e. The number of amides is 2. The number of carbonyl (C=O) groups excluding carboxylic acids is 2. The fourth-order valence-corrected chi connectivity index (χ4v) is 2.49. The molecule has 1 heterocycles. The van der Waals surface area contributed by atoms with Gasteiger partial charge in [0, 0.05) is 25.6 Å². The lowest BCUT2D eigenvalue weighted by Gasteiger charge is -2.34.